The van der Waals surface area contributed by atoms with E-state index >= 15 is 0 Å². The molecule has 6 nitrogen and oxygen atoms in total. The molecule has 5 aromatic rings. The highest BCUT2D eigenvalue weighted by Crippen LogP contribution is 2.30. The summed E-state index contributed by atoms with van der Waals surface area (Å²) < 4.78 is 7.62. The van der Waals surface area contributed by atoms with Crippen molar-refractivity contribution >= 4 is 27.6 Å². The molecule has 0 unspecified atom stereocenters. The number of ether oxygens (including phenoxy) is 1. The van der Waals surface area contributed by atoms with Crippen LogP contribution in [0.1, 0.15) is 5.69 Å². The number of hydrogen-bond acceptors (Lipinski definition) is 4. The normalized spacial score (nSPS) is 11.5. The Hall–Kier alpha value is -3.41. The highest BCUT2D eigenvalue weighted by atomic mass is 16.5. The number of aromatic amines is 1. The average molecular weight is 315 g/mol. The Labute approximate surface area is 136 Å². The van der Waals surface area contributed by atoms with E-state index in [1.54, 1.807) is 4.52 Å². The van der Waals surface area contributed by atoms with Crippen LogP contribution in [-0.2, 0) is 0 Å². The monoisotopic (exact) mass is 315 g/mol. The Morgan fingerprint density at radius 3 is 2.83 bits per heavy atom. The maximum atomic E-state index is 6.04. The van der Waals surface area contributed by atoms with Crippen LogP contribution < -0.4 is 4.74 Å². The summed E-state index contributed by atoms with van der Waals surface area (Å²) in [6.45, 7) is 1.91. The Morgan fingerprint density at radius 1 is 1.00 bits per heavy atom. The van der Waals surface area contributed by atoms with Gasteiger partial charge in [0.1, 0.15) is 12.1 Å². The van der Waals surface area contributed by atoms with Crippen LogP contribution in [0, 0.1) is 6.92 Å². The fourth-order valence-electron chi connectivity index (χ4n) is 2.99. The fraction of sp³-hybridized carbons (Fsp3) is 0.0556. The second kappa shape index (κ2) is 4.79. The van der Waals surface area contributed by atoms with Gasteiger partial charge in [0, 0.05) is 34.1 Å². The van der Waals surface area contributed by atoms with E-state index in [-0.39, 0.29) is 0 Å². The van der Waals surface area contributed by atoms with Crippen LogP contribution in [-0.4, -0.2) is 24.6 Å². The molecule has 3 heterocycles. The van der Waals surface area contributed by atoms with Crippen molar-refractivity contribution in [1.82, 2.24) is 24.6 Å². The van der Waals surface area contributed by atoms with Crippen LogP contribution in [0.4, 0.5) is 0 Å². The Morgan fingerprint density at radius 2 is 1.88 bits per heavy atom. The summed E-state index contributed by atoms with van der Waals surface area (Å²) in [5.74, 6) is 1.85. The highest BCUT2D eigenvalue weighted by molar-refractivity contribution is 6.07. The van der Waals surface area contributed by atoms with Gasteiger partial charge in [-0.1, -0.05) is 18.2 Å². The molecule has 0 aliphatic heterocycles. The summed E-state index contributed by atoms with van der Waals surface area (Å²) in [6, 6.07) is 16.1. The number of rotatable bonds is 2. The van der Waals surface area contributed by atoms with Crippen molar-refractivity contribution in [3.63, 3.8) is 0 Å². The van der Waals surface area contributed by atoms with E-state index in [4.69, 9.17) is 4.74 Å². The van der Waals surface area contributed by atoms with Crippen molar-refractivity contribution in [1.29, 1.82) is 0 Å². The van der Waals surface area contributed by atoms with Crippen molar-refractivity contribution in [2.45, 2.75) is 6.92 Å². The summed E-state index contributed by atoms with van der Waals surface area (Å²) in [4.78, 5) is 11.9. The van der Waals surface area contributed by atoms with Crippen LogP contribution in [0.15, 0.2) is 54.9 Å². The molecule has 0 bridgehead atoms. The van der Waals surface area contributed by atoms with E-state index in [9.17, 15) is 0 Å². The summed E-state index contributed by atoms with van der Waals surface area (Å²) >= 11 is 0. The third-order valence-corrected chi connectivity index (χ3v) is 4.05. The standard InChI is InChI=1S/C18H13N5O/c1-11-8-17(23-18(21-11)19-10-20-23)24-12-6-7-14-13-4-2-3-5-15(13)22-16(14)9-12/h2-10,22H,1H3. The molecule has 0 spiro atoms. The molecule has 0 saturated heterocycles. The van der Waals surface area contributed by atoms with Crippen molar-refractivity contribution in [3.8, 4) is 11.6 Å². The molecular weight excluding hydrogens is 302 g/mol. The predicted molar refractivity (Wildman–Crippen MR) is 91.4 cm³/mol. The van der Waals surface area contributed by atoms with Crippen molar-refractivity contribution in [2.24, 2.45) is 0 Å². The number of H-pyrrole nitrogens is 1. The fourth-order valence-corrected chi connectivity index (χ4v) is 2.99. The first-order chi connectivity index (χ1) is 11.8. The molecule has 24 heavy (non-hydrogen) atoms. The minimum absolute atomic E-state index is 0.525. The largest absolute Gasteiger partial charge is 0.439 e. The first-order valence-electron chi connectivity index (χ1n) is 7.64. The summed E-state index contributed by atoms with van der Waals surface area (Å²) in [5, 5.41) is 6.54. The number of aromatic nitrogens is 5. The molecule has 3 aromatic heterocycles. The van der Waals surface area contributed by atoms with Crippen LogP contribution in [0.3, 0.4) is 0 Å². The molecule has 0 saturated carbocycles. The third kappa shape index (κ3) is 1.93. The molecule has 116 valence electrons. The quantitative estimate of drug-likeness (QED) is 0.537. The maximum absolute atomic E-state index is 6.04. The van der Waals surface area contributed by atoms with Gasteiger partial charge < -0.3 is 9.72 Å². The molecule has 0 aliphatic carbocycles. The van der Waals surface area contributed by atoms with Crippen molar-refractivity contribution in [3.05, 3.63) is 60.6 Å². The van der Waals surface area contributed by atoms with E-state index in [1.165, 1.54) is 17.1 Å². The van der Waals surface area contributed by atoms with E-state index in [1.807, 2.05) is 37.3 Å². The van der Waals surface area contributed by atoms with Crippen LogP contribution in [0.5, 0.6) is 11.6 Å². The second-order valence-corrected chi connectivity index (χ2v) is 5.69. The minimum atomic E-state index is 0.525. The topological polar surface area (TPSA) is 68.1 Å². The molecule has 2 aromatic carbocycles. The zero-order chi connectivity index (χ0) is 16.1. The first kappa shape index (κ1) is 13.1. The molecule has 1 N–H and O–H groups in total. The molecule has 0 atom stereocenters. The Balaban J connectivity index is 1.63. The van der Waals surface area contributed by atoms with E-state index in [2.05, 4.69) is 38.2 Å². The molecule has 0 fully saturated rings. The van der Waals surface area contributed by atoms with E-state index in [0.717, 1.165) is 22.5 Å². The average Bonchev–Trinajstić information content (AvgIpc) is 3.18. The predicted octanol–water partition coefficient (Wildman–Crippen LogP) is 3.86. The zero-order valence-electron chi connectivity index (χ0n) is 12.9. The molecule has 5 rings (SSSR count). The SMILES string of the molecule is Cc1cc(Oc2ccc3c(c2)[nH]c2ccccc23)n2ncnc2n1. The maximum Gasteiger partial charge on any atom is 0.255 e. The Kier molecular flexibility index (Phi) is 2.61. The lowest BCUT2D eigenvalue weighted by Gasteiger charge is -2.07. The van der Waals surface area contributed by atoms with Gasteiger partial charge in [0.2, 0.25) is 5.88 Å². The van der Waals surface area contributed by atoms with Gasteiger partial charge >= 0.3 is 0 Å². The van der Waals surface area contributed by atoms with Gasteiger partial charge in [-0.25, -0.2) is 4.98 Å². The van der Waals surface area contributed by atoms with Crippen molar-refractivity contribution in [2.75, 3.05) is 0 Å². The zero-order valence-corrected chi connectivity index (χ0v) is 12.9. The van der Waals surface area contributed by atoms with Gasteiger partial charge in [0.25, 0.3) is 5.78 Å². The van der Waals surface area contributed by atoms with Gasteiger partial charge in [0.05, 0.1) is 5.52 Å². The number of hydrogen-bond donors (Lipinski definition) is 1. The van der Waals surface area contributed by atoms with Crippen LogP contribution >= 0.6 is 0 Å². The molecule has 0 amide bonds. The molecular formula is C18H13N5O. The number of fused-ring (bicyclic) bond motifs is 4. The third-order valence-electron chi connectivity index (χ3n) is 4.05. The minimum Gasteiger partial charge on any atom is -0.439 e. The second-order valence-electron chi connectivity index (χ2n) is 5.69. The molecule has 0 radical (unpaired) electrons. The van der Waals surface area contributed by atoms with Crippen LogP contribution in [0.25, 0.3) is 27.6 Å². The van der Waals surface area contributed by atoms with Gasteiger partial charge in [-0.15, -0.1) is 0 Å². The molecule has 0 aliphatic rings. The number of benzene rings is 2. The smallest absolute Gasteiger partial charge is 0.255 e. The lowest BCUT2D eigenvalue weighted by atomic mass is 10.1. The van der Waals surface area contributed by atoms with Gasteiger partial charge in [-0.05, 0) is 25.1 Å². The lowest BCUT2D eigenvalue weighted by Crippen LogP contribution is -1.99. The van der Waals surface area contributed by atoms with Gasteiger partial charge in [-0.2, -0.15) is 14.6 Å². The number of nitrogens with one attached hydrogen (secondary N) is 1. The van der Waals surface area contributed by atoms with Gasteiger partial charge in [0.15, 0.2) is 0 Å². The number of aryl methyl sites for hydroxylation is 1. The van der Waals surface area contributed by atoms with Gasteiger partial charge in [-0.3, -0.25) is 0 Å². The summed E-state index contributed by atoms with van der Waals surface area (Å²) in [5.41, 5.74) is 2.98. The summed E-state index contributed by atoms with van der Waals surface area (Å²) in [6.07, 6.45) is 1.47. The van der Waals surface area contributed by atoms with Crippen molar-refractivity contribution < 1.29 is 4.74 Å². The van der Waals surface area contributed by atoms with Crippen LogP contribution in [0.2, 0.25) is 0 Å². The lowest BCUT2D eigenvalue weighted by molar-refractivity contribution is 0.446. The number of para-hydroxylation sites is 1. The number of nitrogens with zero attached hydrogens (tertiary/aromatic N) is 4. The molecule has 6 heteroatoms. The van der Waals surface area contributed by atoms with E-state index in [0.29, 0.717) is 11.7 Å². The highest BCUT2D eigenvalue weighted by Gasteiger charge is 2.09. The van der Waals surface area contributed by atoms with E-state index < -0.39 is 0 Å². The summed E-state index contributed by atoms with van der Waals surface area (Å²) in [7, 11) is 0. The Bertz CT molecular complexity index is 1200. The first-order valence-corrected chi connectivity index (χ1v) is 7.64.